The molecule has 0 saturated carbocycles. The molecule has 0 bridgehead atoms. The minimum absolute atomic E-state index is 0.417. The lowest BCUT2D eigenvalue weighted by molar-refractivity contribution is -0.142. The molecule has 0 radical (unpaired) electrons. The first-order valence-corrected chi connectivity index (χ1v) is 7.81. The second kappa shape index (κ2) is 7.44. The van der Waals surface area contributed by atoms with E-state index in [0.717, 1.165) is 6.92 Å². The van der Waals surface area contributed by atoms with Gasteiger partial charge in [0.1, 0.15) is 12.4 Å². The average Bonchev–Trinajstić information content (AvgIpc) is 2.58. The van der Waals surface area contributed by atoms with Gasteiger partial charge in [0.15, 0.2) is 5.69 Å². The van der Waals surface area contributed by atoms with Crippen LogP contribution in [0.2, 0.25) is 5.02 Å². The molecule has 0 saturated heterocycles. The third-order valence-electron chi connectivity index (χ3n) is 3.79. The van der Waals surface area contributed by atoms with Gasteiger partial charge in [0.25, 0.3) is 5.56 Å². The second-order valence-corrected chi connectivity index (χ2v) is 6.13. The van der Waals surface area contributed by atoms with E-state index >= 15 is 0 Å². The minimum atomic E-state index is -5.01. The van der Waals surface area contributed by atoms with Crippen molar-refractivity contribution in [1.82, 2.24) is 9.55 Å². The molecule has 2 rings (SSSR count). The summed E-state index contributed by atoms with van der Waals surface area (Å²) in [5.41, 5.74) is -6.27. The molecule has 0 fully saturated rings. The van der Waals surface area contributed by atoms with E-state index in [1.165, 1.54) is 6.07 Å². The van der Waals surface area contributed by atoms with Crippen LogP contribution in [0.3, 0.4) is 0 Å². The monoisotopic (exact) mass is 425 g/mol. The third kappa shape index (κ3) is 3.98. The summed E-state index contributed by atoms with van der Waals surface area (Å²) in [5, 5.41) is 17.7. The van der Waals surface area contributed by atoms with Crippen molar-refractivity contribution in [3.8, 4) is 11.8 Å². The van der Waals surface area contributed by atoms with E-state index in [-0.39, 0.29) is 0 Å². The lowest BCUT2D eigenvalue weighted by Crippen LogP contribution is -2.31. The summed E-state index contributed by atoms with van der Waals surface area (Å²) < 4.78 is 78.7. The Bertz CT molecular complexity index is 1010. The highest BCUT2D eigenvalue weighted by molar-refractivity contribution is 6.32. The number of hydrogen-bond donors (Lipinski definition) is 1. The van der Waals surface area contributed by atoms with E-state index in [2.05, 4.69) is 4.98 Å². The van der Waals surface area contributed by atoms with Crippen LogP contribution in [0.5, 0.6) is 0 Å². The molecule has 1 heterocycles. The molecule has 0 spiro atoms. The lowest BCUT2D eigenvalue weighted by Gasteiger charge is -2.19. The van der Waals surface area contributed by atoms with E-state index < -0.39 is 63.5 Å². The number of alkyl halides is 6. The largest absolute Gasteiger partial charge is 0.433 e. The summed E-state index contributed by atoms with van der Waals surface area (Å²) in [6, 6.07) is 2.30. The second-order valence-electron chi connectivity index (χ2n) is 5.73. The number of aromatic nitrogens is 2. The Morgan fingerprint density at radius 2 is 1.86 bits per heavy atom. The van der Waals surface area contributed by atoms with Crippen LogP contribution >= 0.6 is 11.6 Å². The first-order valence-electron chi connectivity index (χ1n) is 7.43. The highest BCUT2D eigenvalue weighted by Crippen LogP contribution is 2.36. The Labute approximate surface area is 158 Å². The van der Waals surface area contributed by atoms with Gasteiger partial charge in [0.05, 0.1) is 27.4 Å². The van der Waals surface area contributed by atoms with Crippen LogP contribution in [-0.4, -0.2) is 21.3 Å². The van der Waals surface area contributed by atoms with E-state index in [4.69, 9.17) is 16.9 Å². The van der Waals surface area contributed by atoms with Gasteiger partial charge in [-0.05, 0) is 12.1 Å². The predicted octanol–water partition coefficient (Wildman–Crippen LogP) is 3.89. The molecule has 1 aromatic heterocycles. The maximum absolute atomic E-state index is 13.2. The van der Waals surface area contributed by atoms with E-state index in [9.17, 15) is 36.2 Å². The van der Waals surface area contributed by atoms with Crippen molar-refractivity contribution in [3.63, 3.8) is 0 Å². The Morgan fingerprint density at radius 3 is 2.32 bits per heavy atom. The Hall–Kier alpha value is -2.58. The Balaban J connectivity index is 2.88. The van der Waals surface area contributed by atoms with E-state index in [1.807, 2.05) is 0 Å². The molecule has 1 atom stereocenters. The number of hydrogen-bond acceptors (Lipinski definition) is 4. The molecule has 0 aliphatic rings. The number of nitriles is 1. The summed E-state index contributed by atoms with van der Waals surface area (Å²) in [6.07, 6.45) is -9.43. The molecule has 0 aliphatic heterocycles. The quantitative estimate of drug-likeness (QED) is 0.757. The summed E-state index contributed by atoms with van der Waals surface area (Å²) >= 11 is 5.81. The summed E-state index contributed by atoms with van der Waals surface area (Å²) in [5.74, 6) is -1.29. The molecule has 0 aliphatic carbocycles. The maximum Gasteiger partial charge on any atom is 0.433 e. The van der Waals surface area contributed by atoms with Gasteiger partial charge in [-0.15, -0.1) is 0 Å². The number of rotatable bonds is 3. The predicted molar refractivity (Wildman–Crippen MR) is 85.1 cm³/mol. The molecule has 2 aromatic rings. The van der Waals surface area contributed by atoms with Crippen LogP contribution in [0.25, 0.3) is 5.69 Å². The van der Waals surface area contributed by atoms with Crippen LogP contribution in [0.4, 0.5) is 26.3 Å². The Kier molecular flexibility index (Phi) is 5.77. The van der Waals surface area contributed by atoms with Gasteiger partial charge in [-0.2, -0.15) is 31.6 Å². The van der Waals surface area contributed by atoms with E-state index in [1.54, 1.807) is 0 Å². The molecular weight excluding hydrogens is 416 g/mol. The zero-order valence-electron chi connectivity index (χ0n) is 13.9. The van der Waals surface area contributed by atoms with Crippen molar-refractivity contribution in [2.75, 3.05) is 6.61 Å². The SMILES string of the molecule is CC(CO)c1c(C(F)(F)F)ncn(-c2c(Cl)cc(C(F)(F)F)cc2C#N)c1=O. The van der Waals surface area contributed by atoms with Gasteiger partial charge < -0.3 is 5.11 Å². The van der Waals surface area contributed by atoms with Gasteiger partial charge in [0.2, 0.25) is 0 Å². The summed E-state index contributed by atoms with van der Waals surface area (Å²) in [4.78, 5) is 15.8. The van der Waals surface area contributed by atoms with Crippen molar-refractivity contribution in [2.24, 2.45) is 0 Å². The molecule has 0 amide bonds. The van der Waals surface area contributed by atoms with Crippen LogP contribution in [0, 0.1) is 11.3 Å². The fraction of sp³-hybridized carbons (Fsp3) is 0.312. The molecule has 1 N–H and O–H groups in total. The van der Waals surface area contributed by atoms with Crippen molar-refractivity contribution in [1.29, 1.82) is 5.26 Å². The average molecular weight is 426 g/mol. The van der Waals surface area contributed by atoms with Crippen molar-refractivity contribution in [2.45, 2.75) is 25.2 Å². The number of nitrogens with zero attached hydrogens (tertiary/aromatic N) is 3. The zero-order chi connectivity index (χ0) is 21.4. The molecular formula is C16H10ClF6N3O2. The van der Waals surface area contributed by atoms with Crippen molar-refractivity contribution >= 4 is 11.6 Å². The van der Waals surface area contributed by atoms with Crippen LogP contribution < -0.4 is 5.56 Å². The number of halogens is 7. The summed E-state index contributed by atoms with van der Waals surface area (Å²) in [6.45, 7) is 0.313. The molecule has 5 nitrogen and oxygen atoms in total. The van der Waals surface area contributed by atoms with E-state index in [0.29, 0.717) is 23.0 Å². The molecule has 150 valence electrons. The first-order chi connectivity index (χ1) is 12.8. The highest BCUT2D eigenvalue weighted by atomic mass is 35.5. The Morgan fingerprint density at radius 1 is 1.25 bits per heavy atom. The number of aliphatic hydroxyl groups is 1. The topological polar surface area (TPSA) is 78.9 Å². The van der Waals surface area contributed by atoms with Gasteiger partial charge >= 0.3 is 12.4 Å². The van der Waals surface area contributed by atoms with Crippen LogP contribution in [0.15, 0.2) is 23.3 Å². The molecule has 12 heteroatoms. The smallest absolute Gasteiger partial charge is 0.396 e. The molecule has 1 aromatic carbocycles. The maximum atomic E-state index is 13.2. The standard InChI is InChI=1S/C16H10ClF6N3O2/c1-7(5-27)11-13(16(21,22)23)25-6-26(14(11)28)12-8(4-24)2-9(3-10(12)17)15(18,19)20/h2-3,6-7,27H,5H2,1H3. The minimum Gasteiger partial charge on any atom is -0.396 e. The van der Waals surface area contributed by atoms with Gasteiger partial charge in [-0.25, -0.2) is 4.98 Å². The zero-order valence-corrected chi connectivity index (χ0v) is 14.6. The van der Waals surface area contributed by atoms with Gasteiger partial charge in [-0.3, -0.25) is 9.36 Å². The molecule has 28 heavy (non-hydrogen) atoms. The first kappa shape index (κ1) is 21.7. The van der Waals surface area contributed by atoms with Gasteiger partial charge in [-0.1, -0.05) is 18.5 Å². The third-order valence-corrected chi connectivity index (χ3v) is 4.08. The summed E-state index contributed by atoms with van der Waals surface area (Å²) in [7, 11) is 0. The normalized spacial score (nSPS) is 13.3. The van der Waals surface area contributed by atoms with Crippen molar-refractivity contribution in [3.05, 3.63) is 56.2 Å². The molecule has 1 unspecified atom stereocenters. The number of benzene rings is 1. The van der Waals surface area contributed by atoms with Crippen molar-refractivity contribution < 1.29 is 31.4 Å². The van der Waals surface area contributed by atoms with Crippen LogP contribution in [-0.2, 0) is 12.4 Å². The number of aliphatic hydroxyl groups excluding tert-OH is 1. The highest BCUT2D eigenvalue weighted by Gasteiger charge is 2.39. The lowest BCUT2D eigenvalue weighted by atomic mass is 10.0. The van der Waals surface area contributed by atoms with Crippen LogP contribution in [0.1, 0.15) is 35.2 Å². The fourth-order valence-electron chi connectivity index (χ4n) is 2.48. The fourth-order valence-corrected chi connectivity index (χ4v) is 2.79. The van der Waals surface area contributed by atoms with Gasteiger partial charge in [0, 0.05) is 12.5 Å².